The summed E-state index contributed by atoms with van der Waals surface area (Å²) in [6.07, 6.45) is -0.436. The molecule has 3 nitrogen and oxygen atoms in total. The molecule has 92 valence electrons. The van der Waals surface area contributed by atoms with Gasteiger partial charge in [-0.25, -0.2) is 4.98 Å². The lowest BCUT2D eigenvalue weighted by molar-refractivity contribution is 0.118. The van der Waals surface area contributed by atoms with Gasteiger partial charge in [-0.15, -0.1) is 11.3 Å². The Bertz CT molecular complexity index is 531. The number of para-hydroxylation sites is 1. The first-order chi connectivity index (χ1) is 7.96. The monoisotopic (exact) mass is 251 g/mol. The molecule has 1 N–H and O–H groups in total. The number of aromatic nitrogens is 1. The van der Waals surface area contributed by atoms with Crippen molar-refractivity contribution in [3.8, 4) is 5.75 Å². The molecule has 4 heteroatoms. The van der Waals surface area contributed by atoms with Crippen LogP contribution >= 0.6 is 11.3 Å². The molecule has 0 fully saturated rings. The van der Waals surface area contributed by atoms with Crippen molar-refractivity contribution in [3.63, 3.8) is 0 Å². The van der Waals surface area contributed by atoms with E-state index in [0.717, 1.165) is 21.0 Å². The molecule has 0 aliphatic carbocycles. The summed E-state index contributed by atoms with van der Waals surface area (Å²) in [6.45, 7) is 5.80. The maximum Gasteiger partial charge on any atom is 0.145 e. The van der Waals surface area contributed by atoms with Gasteiger partial charge in [-0.2, -0.15) is 0 Å². The number of hydrogen-bond acceptors (Lipinski definition) is 4. The van der Waals surface area contributed by atoms with Crippen LogP contribution in [0.3, 0.4) is 0 Å². The third-order valence-corrected chi connectivity index (χ3v) is 4.56. The Morgan fingerprint density at radius 1 is 1.41 bits per heavy atom. The minimum Gasteiger partial charge on any atom is -0.494 e. The van der Waals surface area contributed by atoms with E-state index in [2.05, 4.69) is 4.98 Å². The Balaban J connectivity index is 2.59. The number of methoxy groups -OCH3 is 1. The SMILES string of the molecule is COc1cccc2sc(C(C)(C)C(C)O)nc12. The number of thiazole rings is 1. The first kappa shape index (κ1) is 12.3. The lowest BCUT2D eigenvalue weighted by Crippen LogP contribution is -2.30. The molecule has 2 aromatic rings. The highest BCUT2D eigenvalue weighted by atomic mass is 32.1. The van der Waals surface area contributed by atoms with Gasteiger partial charge in [0, 0.05) is 5.41 Å². The molecule has 0 radical (unpaired) electrons. The number of fused-ring (bicyclic) bond motifs is 1. The topological polar surface area (TPSA) is 42.4 Å². The van der Waals surface area contributed by atoms with E-state index in [9.17, 15) is 5.11 Å². The largest absolute Gasteiger partial charge is 0.494 e. The van der Waals surface area contributed by atoms with Crippen molar-refractivity contribution in [3.05, 3.63) is 23.2 Å². The standard InChI is InChI=1S/C13H17NO2S/c1-8(15)13(2,3)12-14-11-9(16-4)6-5-7-10(11)17-12/h5-8,15H,1-4H3. The molecule has 1 aromatic heterocycles. The summed E-state index contributed by atoms with van der Waals surface area (Å²) in [5.74, 6) is 0.784. The smallest absolute Gasteiger partial charge is 0.145 e. The van der Waals surface area contributed by atoms with Gasteiger partial charge in [-0.05, 0) is 19.1 Å². The first-order valence-electron chi connectivity index (χ1n) is 5.59. The summed E-state index contributed by atoms with van der Waals surface area (Å²) >= 11 is 1.61. The molecule has 1 unspecified atom stereocenters. The van der Waals surface area contributed by atoms with Crippen LogP contribution in [0, 0.1) is 0 Å². The van der Waals surface area contributed by atoms with Gasteiger partial charge in [0.1, 0.15) is 16.3 Å². The van der Waals surface area contributed by atoms with Crippen molar-refractivity contribution in [2.24, 2.45) is 0 Å². The molecule has 0 saturated heterocycles. The van der Waals surface area contributed by atoms with Crippen LogP contribution in [-0.2, 0) is 5.41 Å². The Hall–Kier alpha value is -1.13. The fourth-order valence-electron chi connectivity index (χ4n) is 1.54. The Morgan fingerprint density at radius 2 is 2.12 bits per heavy atom. The quantitative estimate of drug-likeness (QED) is 0.912. The van der Waals surface area contributed by atoms with Crippen LogP contribution in [0.25, 0.3) is 10.2 Å². The molecule has 1 heterocycles. The third-order valence-electron chi connectivity index (χ3n) is 3.20. The van der Waals surface area contributed by atoms with E-state index in [1.54, 1.807) is 25.4 Å². The van der Waals surface area contributed by atoms with Crippen molar-refractivity contribution in [2.45, 2.75) is 32.3 Å². The number of aliphatic hydroxyl groups is 1. The lowest BCUT2D eigenvalue weighted by atomic mass is 9.88. The minimum atomic E-state index is -0.436. The number of benzene rings is 1. The van der Waals surface area contributed by atoms with Crippen molar-refractivity contribution in [1.29, 1.82) is 0 Å². The lowest BCUT2D eigenvalue weighted by Gasteiger charge is -2.25. The predicted octanol–water partition coefficient (Wildman–Crippen LogP) is 2.96. The maximum atomic E-state index is 9.82. The van der Waals surface area contributed by atoms with E-state index in [1.165, 1.54) is 0 Å². The van der Waals surface area contributed by atoms with Gasteiger partial charge in [-0.1, -0.05) is 19.9 Å². The van der Waals surface area contributed by atoms with E-state index in [0.29, 0.717) is 0 Å². The van der Waals surface area contributed by atoms with Crippen LogP contribution < -0.4 is 4.74 Å². The van der Waals surface area contributed by atoms with Crippen LogP contribution in [0.4, 0.5) is 0 Å². The Morgan fingerprint density at radius 3 is 2.71 bits per heavy atom. The van der Waals surface area contributed by atoms with Gasteiger partial charge >= 0.3 is 0 Å². The third kappa shape index (κ3) is 2.03. The molecular weight excluding hydrogens is 234 g/mol. The van der Waals surface area contributed by atoms with Crippen LogP contribution in [-0.4, -0.2) is 23.3 Å². The zero-order chi connectivity index (χ0) is 12.6. The normalized spacial score (nSPS) is 13.9. The number of nitrogens with zero attached hydrogens (tertiary/aromatic N) is 1. The summed E-state index contributed by atoms with van der Waals surface area (Å²) in [4.78, 5) is 4.61. The molecule has 0 bridgehead atoms. The fraction of sp³-hybridized carbons (Fsp3) is 0.462. The van der Waals surface area contributed by atoms with E-state index in [1.807, 2.05) is 32.0 Å². The number of hydrogen-bond donors (Lipinski definition) is 1. The van der Waals surface area contributed by atoms with Crippen molar-refractivity contribution >= 4 is 21.6 Å². The van der Waals surface area contributed by atoms with Gasteiger partial charge < -0.3 is 9.84 Å². The van der Waals surface area contributed by atoms with Crippen LogP contribution in [0.2, 0.25) is 0 Å². The average Bonchev–Trinajstić information content (AvgIpc) is 2.72. The number of rotatable bonds is 3. The molecule has 1 aromatic carbocycles. The van der Waals surface area contributed by atoms with Gasteiger partial charge in [0.25, 0.3) is 0 Å². The summed E-state index contributed by atoms with van der Waals surface area (Å²) < 4.78 is 6.39. The summed E-state index contributed by atoms with van der Waals surface area (Å²) in [7, 11) is 1.65. The summed E-state index contributed by atoms with van der Waals surface area (Å²) in [5.41, 5.74) is 0.540. The summed E-state index contributed by atoms with van der Waals surface area (Å²) in [5, 5.41) is 10.8. The molecule has 0 saturated carbocycles. The number of aliphatic hydroxyl groups excluding tert-OH is 1. The molecule has 0 aliphatic heterocycles. The van der Waals surface area contributed by atoms with Crippen molar-refractivity contribution in [1.82, 2.24) is 4.98 Å². The highest BCUT2D eigenvalue weighted by Crippen LogP contribution is 2.36. The molecule has 1 atom stereocenters. The van der Waals surface area contributed by atoms with E-state index in [4.69, 9.17) is 4.74 Å². The van der Waals surface area contributed by atoms with Crippen molar-refractivity contribution in [2.75, 3.05) is 7.11 Å². The second-order valence-corrected chi connectivity index (χ2v) is 5.75. The van der Waals surface area contributed by atoms with Gasteiger partial charge in [0.05, 0.1) is 17.9 Å². The number of ether oxygens (including phenoxy) is 1. The molecule has 17 heavy (non-hydrogen) atoms. The zero-order valence-corrected chi connectivity index (χ0v) is 11.3. The highest BCUT2D eigenvalue weighted by molar-refractivity contribution is 7.18. The predicted molar refractivity (Wildman–Crippen MR) is 70.9 cm³/mol. The average molecular weight is 251 g/mol. The van der Waals surface area contributed by atoms with Crippen LogP contribution in [0.15, 0.2) is 18.2 Å². The Labute approximate surface area is 105 Å². The van der Waals surface area contributed by atoms with E-state index < -0.39 is 6.10 Å². The van der Waals surface area contributed by atoms with Crippen molar-refractivity contribution < 1.29 is 9.84 Å². The minimum absolute atomic E-state index is 0.339. The molecule has 0 spiro atoms. The molecule has 2 rings (SSSR count). The highest BCUT2D eigenvalue weighted by Gasteiger charge is 2.30. The Kier molecular flexibility index (Phi) is 3.10. The first-order valence-corrected chi connectivity index (χ1v) is 6.40. The zero-order valence-electron chi connectivity index (χ0n) is 10.5. The second-order valence-electron chi connectivity index (χ2n) is 4.72. The second kappa shape index (κ2) is 4.27. The van der Waals surface area contributed by atoms with Crippen LogP contribution in [0.1, 0.15) is 25.8 Å². The van der Waals surface area contributed by atoms with E-state index >= 15 is 0 Å². The van der Waals surface area contributed by atoms with Gasteiger partial charge in [0.15, 0.2) is 0 Å². The molecular formula is C13H17NO2S. The van der Waals surface area contributed by atoms with Crippen LogP contribution in [0.5, 0.6) is 5.75 Å². The van der Waals surface area contributed by atoms with Gasteiger partial charge in [-0.3, -0.25) is 0 Å². The fourth-order valence-corrected chi connectivity index (χ4v) is 2.71. The molecule has 0 aliphatic rings. The summed E-state index contributed by atoms with van der Waals surface area (Å²) in [6, 6.07) is 5.89. The molecule has 0 amide bonds. The maximum absolute atomic E-state index is 9.82. The van der Waals surface area contributed by atoms with E-state index in [-0.39, 0.29) is 5.41 Å². The van der Waals surface area contributed by atoms with Gasteiger partial charge in [0.2, 0.25) is 0 Å².